The Morgan fingerprint density at radius 3 is 1.08 bits per heavy atom. The topological polar surface area (TPSA) is 112 Å². The van der Waals surface area contributed by atoms with Crippen LogP contribution in [-0.2, 0) is 14.4 Å². The summed E-state index contributed by atoms with van der Waals surface area (Å²) in [5, 5.41) is 23.0. The van der Waals surface area contributed by atoms with Gasteiger partial charge < -0.3 is 15.3 Å². The molecule has 0 aromatic heterocycles. The van der Waals surface area contributed by atoms with Crippen molar-refractivity contribution in [2.24, 2.45) is 0 Å². The average molecular weight is 376 g/mol. The van der Waals surface area contributed by atoms with E-state index in [2.05, 4.69) is 6.58 Å². The number of hydrogen-bond donors (Lipinski definition) is 3. The molecule has 0 spiro atoms. The minimum atomic E-state index is -7.12. The van der Waals surface area contributed by atoms with Crippen LogP contribution in [0.5, 0.6) is 0 Å². The number of carboxylic acids is 3. The van der Waals surface area contributed by atoms with E-state index in [1.54, 1.807) is 0 Å². The van der Waals surface area contributed by atoms with Gasteiger partial charge in [-0.15, -0.1) is 6.58 Å². The molecule has 0 aliphatic carbocycles. The van der Waals surface area contributed by atoms with Crippen molar-refractivity contribution in [2.45, 2.75) is 30.1 Å². The maximum atomic E-state index is 12.5. The number of carbonyl (C=O) groups is 3. The summed E-state index contributed by atoms with van der Waals surface area (Å²) < 4.78 is 98.9. The second-order valence-electron chi connectivity index (χ2n) is 3.79. The smallest absolute Gasteiger partial charge is 0.410 e. The maximum absolute atomic E-state index is 12.5. The van der Waals surface area contributed by atoms with Gasteiger partial charge in [0.2, 0.25) is 0 Å². The van der Waals surface area contributed by atoms with E-state index in [4.69, 9.17) is 15.3 Å². The fourth-order valence-electron chi connectivity index (χ4n) is 0.786. The van der Waals surface area contributed by atoms with E-state index in [0.29, 0.717) is 0 Å². The standard InChI is InChI=1S/C6H2F8O4.C4H6O2/c7-3(8,1(15)16)5(11,12)6(13,14)4(9,10)2(17)18;1-2-3-4(5)6/h(H,15,16)(H,17,18);2H,1,3H2,(H,5,6). The highest BCUT2D eigenvalue weighted by atomic mass is 19.4. The molecule has 0 aromatic carbocycles. The first-order valence-electron chi connectivity index (χ1n) is 5.22. The van der Waals surface area contributed by atoms with Crippen LogP contribution in [0, 0.1) is 0 Å². The van der Waals surface area contributed by atoms with Crippen LogP contribution in [0.1, 0.15) is 6.42 Å². The molecule has 0 rings (SSSR count). The van der Waals surface area contributed by atoms with Crippen LogP contribution in [-0.4, -0.2) is 56.9 Å². The molecule has 0 unspecified atom stereocenters. The molecule has 0 heterocycles. The van der Waals surface area contributed by atoms with Crippen molar-refractivity contribution in [1.82, 2.24) is 0 Å². The highest BCUT2D eigenvalue weighted by Crippen LogP contribution is 2.52. The second-order valence-corrected chi connectivity index (χ2v) is 3.79. The first kappa shape index (κ1) is 23.9. The zero-order chi connectivity index (χ0) is 20.1. The molecule has 3 N–H and O–H groups in total. The van der Waals surface area contributed by atoms with E-state index in [-0.39, 0.29) is 6.42 Å². The van der Waals surface area contributed by atoms with Crippen molar-refractivity contribution in [3.8, 4) is 0 Å². The van der Waals surface area contributed by atoms with Crippen LogP contribution >= 0.6 is 0 Å². The Morgan fingerprint density at radius 1 is 0.750 bits per heavy atom. The summed E-state index contributed by atoms with van der Waals surface area (Å²) in [4.78, 5) is 28.8. The highest BCUT2D eigenvalue weighted by Gasteiger charge is 2.85. The first-order valence-corrected chi connectivity index (χ1v) is 5.22. The third-order valence-electron chi connectivity index (χ3n) is 2.04. The number of carboxylic acid groups (broad SMARTS) is 3. The van der Waals surface area contributed by atoms with Crippen molar-refractivity contribution in [3.63, 3.8) is 0 Å². The number of alkyl halides is 8. The average Bonchev–Trinajstić information content (AvgIpc) is 2.37. The number of rotatable bonds is 7. The fourth-order valence-corrected chi connectivity index (χ4v) is 0.786. The van der Waals surface area contributed by atoms with Gasteiger partial charge in [0.25, 0.3) is 0 Å². The van der Waals surface area contributed by atoms with Gasteiger partial charge in [0.1, 0.15) is 0 Å². The first-order chi connectivity index (χ1) is 10.4. The second kappa shape index (κ2) is 7.44. The van der Waals surface area contributed by atoms with Gasteiger partial charge in [0.05, 0.1) is 6.42 Å². The van der Waals surface area contributed by atoms with Crippen LogP contribution in [0.15, 0.2) is 12.7 Å². The van der Waals surface area contributed by atoms with Gasteiger partial charge in [0, 0.05) is 0 Å². The predicted molar refractivity (Wildman–Crippen MR) is 57.5 cm³/mol. The number of aliphatic carboxylic acids is 3. The summed E-state index contributed by atoms with van der Waals surface area (Å²) in [6.07, 6.45) is 1.41. The summed E-state index contributed by atoms with van der Waals surface area (Å²) in [7, 11) is 0. The normalized spacial score (nSPS) is 12.7. The Kier molecular flexibility index (Phi) is 7.39. The van der Waals surface area contributed by atoms with E-state index in [9.17, 15) is 49.5 Å². The van der Waals surface area contributed by atoms with Crippen molar-refractivity contribution in [1.29, 1.82) is 0 Å². The van der Waals surface area contributed by atoms with Crippen molar-refractivity contribution < 1.29 is 64.8 Å². The maximum Gasteiger partial charge on any atom is 0.410 e. The van der Waals surface area contributed by atoms with Crippen LogP contribution < -0.4 is 0 Å². The van der Waals surface area contributed by atoms with E-state index in [0.717, 1.165) is 0 Å². The van der Waals surface area contributed by atoms with Gasteiger partial charge in [-0.05, 0) is 0 Å². The Balaban J connectivity index is 0. The minimum absolute atomic E-state index is 0.0556. The highest BCUT2D eigenvalue weighted by molar-refractivity contribution is 5.80. The number of hydrogen-bond acceptors (Lipinski definition) is 3. The molecule has 0 fully saturated rings. The van der Waals surface area contributed by atoms with Crippen LogP contribution in [0.2, 0.25) is 0 Å². The van der Waals surface area contributed by atoms with Crippen LogP contribution in [0.3, 0.4) is 0 Å². The number of halogens is 8. The molecule has 0 atom stereocenters. The SMILES string of the molecule is C=CCC(=O)O.O=C(O)C(F)(F)C(F)(F)C(F)(F)C(F)(F)C(=O)O. The predicted octanol–water partition coefficient (Wildman–Crippen LogP) is 2.34. The lowest BCUT2D eigenvalue weighted by Crippen LogP contribution is -2.66. The van der Waals surface area contributed by atoms with Crippen molar-refractivity contribution in [3.05, 3.63) is 12.7 Å². The molecular formula is C10H8F8O6. The fraction of sp³-hybridized carbons (Fsp3) is 0.500. The molecule has 0 aliphatic heterocycles. The molecule has 0 bridgehead atoms. The Morgan fingerprint density at radius 2 is 1.00 bits per heavy atom. The lowest BCUT2D eigenvalue weighted by molar-refractivity contribution is -0.353. The third-order valence-corrected chi connectivity index (χ3v) is 2.04. The van der Waals surface area contributed by atoms with Gasteiger partial charge in [-0.1, -0.05) is 6.08 Å². The van der Waals surface area contributed by atoms with Crippen LogP contribution in [0.4, 0.5) is 35.1 Å². The van der Waals surface area contributed by atoms with Gasteiger partial charge in [-0.2, -0.15) is 35.1 Å². The third kappa shape index (κ3) is 4.32. The summed E-state index contributed by atoms with van der Waals surface area (Å²) in [6, 6.07) is 0. The van der Waals surface area contributed by atoms with E-state index < -0.39 is 41.6 Å². The summed E-state index contributed by atoms with van der Waals surface area (Å²) in [6.45, 7) is 3.22. The van der Waals surface area contributed by atoms with Gasteiger partial charge in [0.15, 0.2) is 0 Å². The molecule has 0 saturated carbocycles. The molecule has 0 amide bonds. The molecule has 0 aliphatic rings. The summed E-state index contributed by atoms with van der Waals surface area (Å²) in [5.41, 5.74) is 0. The molecule has 140 valence electrons. The molecule has 24 heavy (non-hydrogen) atoms. The largest absolute Gasteiger partial charge is 0.481 e. The Labute approximate surface area is 127 Å². The molecule has 6 nitrogen and oxygen atoms in total. The summed E-state index contributed by atoms with van der Waals surface area (Å²) >= 11 is 0. The monoisotopic (exact) mass is 376 g/mol. The van der Waals surface area contributed by atoms with Crippen molar-refractivity contribution >= 4 is 17.9 Å². The Hall–Kier alpha value is -2.41. The van der Waals surface area contributed by atoms with Crippen LogP contribution in [0.25, 0.3) is 0 Å². The van der Waals surface area contributed by atoms with E-state index in [1.807, 2.05) is 0 Å². The van der Waals surface area contributed by atoms with E-state index in [1.165, 1.54) is 6.08 Å². The zero-order valence-electron chi connectivity index (χ0n) is 11.1. The van der Waals surface area contributed by atoms with Crippen molar-refractivity contribution in [2.75, 3.05) is 0 Å². The molecule has 0 saturated heterocycles. The van der Waals surface area contributed by atoms with Gasteiger partial charge in [-0.3, -0.25) is 4.79 Å². The van der Waals surface area contributed by atoms with Gasteiger partial charge in [-0.25, -0.2) is 9.59 Å². The lowest BCUT2D eigenvalue weighted by Gasteiger charge is -2.32. The zero-order valence-corrected chi connectivity index (χ0v) is 11.1. The quantitative estimate of drug-likeness (QED) is 0.465. The van der Waals surface area contributed by atoms with E-state index >= 15 is 0 Å². The molecule has 0 radical (unpaired) electrons. The Bertz CT molecular complexity index is 479. The summed E-state index contributed by atoms with van der Waals surface area (Å²) in [5.74, 6) is -35.9. The minimum Gasteiger partial charge on any atom is -0.481 e. The van der Waals surface area contributed by atoms with Gasteiger partial charge >= 0.3 is 41.6 Å². The molecule has 14 heteroatoms. The molecule has 0 aromatic rings. The lowest BCUT2D eigenvalue weighted by atomic mass is 9.99. The molecular weight excluding hydrogens is 368 g/mol.